The van der Waals surface area contributed by atoms with Gasteiger partial charge in [0, 0.05) is 17.8 Å². The highest BCUT2D eigenvalue weighted by Gasteiger charge is 2.07. The predicted octanol–water partition coefficient (Wildman–Crippen LogP) is 1.88. The van der Waals surface area contributed by atoms with Crippen LogP contribution < -0.4 is 5.32 Å². The van der Waals surface area contributed by atoms with Gasteiger partial charge in [0.2, 0.25) is 0 Å². The van der Waals surface area contributed by atoms with Gasteiger partial charge in [-0.2, -0.15) is 11.8 Å². The zero-order valence-electron chi connectivity index (χ0n) is 9.05. The molecule has 0 spiro atoms. The van der Waals surface area contributed by atoms with Gasteiger partial charge in [-0.05, 0) is 12.2 Å². The molecule has 0 aliphatic carbocycles. The van der Waals surface area contributed by atoms with Crippen molar-refractivity contribution in [3.8, 4) is 0 Å². The minimum atomic E-state index is 0.247. The first-order valence-electron chi connectivity index (χ1n) is 5.15. The summed E-state index contributed by atoms with van der Waals surface area (Å²) in [6.45, 7) is 6.67. The molecule has 0 aromatic rings. The van der Waals surface area contributed by atoms with Gasteiger partial charge in [-0.3, -0.25) is 0 Å². The fraction of sp³-hybridized carbons (Fsp3) is 1.00. The quantitative estimate of drug-likeness (QED) is 0.593. The Morgan fingerprint density at radius 2 is 2.08 bits per heavy atom. The van der Waals surface area contributed by atoms with Crippen molar-refractivity contribution in [2.24, 2.45) is 0 Å². The van der Waals surface area contributed by atoms with Crippen LogP contribution in [0.25, 0.3) is 0 Å². The third kappa shape index (κ3) is 8.60. The second-order valence-corrected chi connectivity index (χ2v) is 4.78. The molecule has 0 aliphatic rings. The maximum atomic E-state index is 9.06. The van der Waals surface area contributed by atoms with Gasteiger partial charge in [-0.15, -0.1) is 0 Å². The molecular weight excluding hydrogens is 182 g/mol. The second-order valence-electron chi connectivity index (χ2n) is 3.63. The van der Waals surface area contributed by atoms with E-state index < -0.39 is 0 Å². The lowest BCUT2D eigenvalue weighted by Crippen LogP contribution is -2.39. The van der Waals surface area contributed by atoms with Crippen LogP contribution in [0.3, 0.4) is 0 Å². The van der Waals surface area contributed by atoms with Crippen LogP contribution in [0, 0.1) is 0 Å². The molecule has 2 nitrogen and oxygen atoms in total. The number of rotatable bonds is 8. The molecule has 1 unspecified atom stereocenters. The molecular formula is C10H23NOS. The van der Waals surface area contributed by atoms with E-state index in [9.17, 15) is 0 Å². The smallest absolute Gasteiger partial charge is 0.0592 e. The topological polar surface area (TPSA) is 32.3 Å². The van der Waals surface area contributed by atoms with Crippen LogP contribution in [0.4, 0.5) is 0 Å². The Kier molecular flexibility index (Phi) is 9.03. The van der Waals surface area contributed by atoms with Gasteiger partial charge >= 0.3 is 0 Å². The van der Waals surface area contributed by atoms with Crippen molar-refractivity contribution in [2.75, 3.05) is 18.1 Å². The number of aliphatic hydroxyl groups is 1. The molecule has 0 amide bonds. The Morgan fingerprint density at radius 3 is 2.54 bits per heavy atom. The van der Waals surface area contributed by atoms with E-state index in [0.29, 0.717) is 6.04 Å². The van der Waals surface area contributed by atoms with E-state index in [0.717, 1.165) is 5.75 Å². The Morgan fingerprint density at radius 1 is 1.38 bits per heavy atom. The highest BCUT2D eigenvalue weighted by molar-refractivity contribution is 7.99. The molecule has 2 N–H and O–H groups in total. The molecule has 3 heteroatoms. The van der Waals surface area contributed by atoms with Crippen molar-refractivity contribution in [1.29, 1.82) is 0 Å². The molecule has 1 atom stereocenters. The van der Waals surface area contributed by atoms with Crippen LogP contribution in [-0.4, -0.2) is 35.3 Å². The molecule has 80 valence electrons. The number of thioether (sulfide) groups is 1. The minimum Gasteiger partial charge on any atom is -0.395 e. The van der Waals surface area contributed by atoms with Crippen molar-refractivity contribution < 1.29 is 5.11 Å². The summed E-state index contributed by atoms with van der Waals surface area (Å²) < 4.78 is 0. The van der Waals surface area contributed by atoms with E-state index in [4.69, 9.17) is 5.11 Å². The fourth-order valence-electron chi connectivity index (χ4n) is 1.10. The summed E-state index contributed by atoms with van der Waals surface area (Å²) >= 11 is 1.93. The molecule has 0 aromatic heterocycles. The van der Waals surface area contributed by atoms with E-state index in [1.54, 1.807) is 0 Å². The second kappa shape index (κ2) is 8.85. The summed E-state index contributed by atoms with van der Waals surface area (Å²) in [4.78, 5) is 0. The Hall–Kier alpha value is 0.270. The Labute approximate surface area is 86.5 Å². The van der Waals surface area contributed by atoms with E-state index in [1.807, 2.05) is 11.8 Å². The molecule has 13 heavy (non-hydrogen) atoms. The zero-order valence-corrected chi connectivity index (χ0v) is 9.86. The number of hydrogen-bond acceptors (Lipinski definition) is 3. The average Bonchev–Trinajstić information content (AvgIpc) is 2.09. The minimum absolute atomic E-state index is 0.247. The largest absolute Gasteiger partial charge is 0.395 e. The van der Waals surface area contributed by atoms with Crippen LogP contribution in [0.2, 0.25) is 0 Å². The maximum Gasteiger partial charge on any atom is 0.0592 e. The van der Waals surface area contributed by atoms with Gasteiger partial charge in [-0.25, -0.2) is 0 Å². The van der Waals surface area contributed by atoms with Crippen molar-refractivity contribution in [2.45, 2.75) is 45.7 Å². The molecule has 0 aromatic carbocycles. The Bertz CT molecular complexity index is 109. The summed E-state index contributed by atoms with van der Waals surface area (Å²) in [5.74, 6) is 2.24. The van der Waals surface area contributed by atoms with Crippen molar-refractivity contribution in [3.63, 3.8) is 0 Å². The molecule has 0 rings (SSSR count). The van der Waals surface area contributed by atoms with Gasteiger partial charge in [0.1, 0.15) is 0 Å². The monoisotopic (exact) mass is 205 g/mol. The van der Waals surface area contributed by atoms with Gasteiger partial charge in [-0.1, -0.05) is 27.2 Å². The number of hydrogen-bond donors (Lipinski definition) is 2. The highest BCUT2D eigenvalue weighted by Crippen LogP contribution is 2.06. The van der Waals surface area contributed by atoms with E-state index in [-0.39, 0.29) is 12.6 Å². The third-order valence-electron chi connectivity index (χ3n) is 1.75. The summed E-state index contributed by atoms with van der Waals surface area (Å²) in [5, 5.41) is 12.4. The van der Waals surface area contributed by atoms with Crippen LogP contribution in [0.1, 0.15) is 33.6 Å². The van der Waals surface area contributed by atoms with Gasteiger partial charge < -0.3 is 10.4 Å². The Balaban J connectivity index is 3.36. The van der Waals surface area contributed by atoms with E-state index in [1.165, 1.54) is 18.6 Å². The highest BCUT2D eigenvalue weighted by atomic mass is 32.2. The van der Waals surface area contributed by atoms with Crippen LogP contribution >= 0.6 is 11.8 Å². The first-order valence-corrected chi connectivity index (χ1v) is 6.30. The zero-order chi connectivity index (χ0) is 10.1. The third-order valence-corrected chi connectivity index (χ3v) is 2.97. The first kappa shape index (κ1) is 13.3. The molecule has 0 fully saturated rings. The normalized spacial score (nSPS) is 13.6. The predicted molar refractivity (Wildman–Crippen MR) is 61.4 cm³/mol. The summed E-state index contributed by atoms with van der Waals surface area (Å²) in [6.07, 6.45) is 2.54. The molecule has 0 saturated carbocycles. The van der Waals surface area contributed by atoms with Crippen LogP contribution in [0.15, 0.2) is 0 Å². The number of aliphatic hydroxyl groups excluding tert-OH is 1. The SMILES string of the molecule is CCCCSCC(CO)NC(C)C. The van der Waals surface area contributed by atoms with Gasteiger partial charge in [0.05, 0.1) is 6.61 Å². The van der Waals surface area contributed by atoms with Crippen molar-refractivity contribution >= 4 is 11.8 Å². The summed E-state index contributed by atoms with van der Waals surface area (Å²) in [5.41, 5.74) is 0. The standard InChI is InChI=1S/C10H23NOS/c1-4-5-6-13-8-10(7-12)11-9(2)3/h9-12H,4-8H2,1-3H3. The first-order chi connectivity index (χ1) is 6.20. The van der Waals surface area contributed by atoms with E-state index in [2.05, 4.69) is 26.1 Å². The molecule has 0 saturated heterocycles. The molecule has 0 aliphatic heterocycles. The van der Waals surface area contributed by atoms with Crippen LogP contribution in [-0.2, 0) is 0 Å². The van der Waals surface area contributed by atoms with Crippen molar-refractivity contribution in [1.82, 2.24) is 5.32 Å². The summed E-state index contributed by atoms with van der Waals surface area (Å²) in [7, 11) is 0. The fourth-order valence-corrected chi connectivity index (χ4v) is 2.24. The van der Waals surface area contributed by atoms with Crippen molar-refractivity contribution in [3.05, 3.63) is 0 Å². The number of nitrogens with one attached hydrogen (secondary N) is 1. The maximum absolute atomic E-state index is 9.06. The van der Waals surface area contributed by atoms with Gasteiger partial charge in [0.15, 0.2) is 0 Å². The van der Waals surface area contributed by atoms with Crippen LogP contribution in [0.5, 0.6) is 0 Å². The lowest BCUT2D eigenvalue weighted by molar-refractivity contribution is 0.247. The lowest BCUT2D eigenvalue weighted by atomic mass is 10.3. The molecule has 0 bridgehead atoms. The van der Waals surface area contributed by atoms with Gasteiger partial charge in [0.25, 0.3) is 0 Å². The van der Waals surface area contributed by atoms with E-state index >= 15 is 0 Å². The summed E-state index contributed by atoms with van der Waals surface area (Å²) in [6, 6.07) is 0.728. The molecule has 0 radical (unpaired) electrons. The lowest BCUT2D eigenvalue weighted by Gasteiger charge is -2.18. The number of unbranched alkanes of at least 4 members (excludes halogenated alkanes) is 1. The molecule has 0 heterocycles. The average molecular weight is 205 g/mol.